The summed E-state index contributed by atoms with van der Waals surface area (Å²) >= 11 is 0. The zero-order chi connectivity index (χ0) is 19.7. The molecule has 0 aliphatic rings. The van der Waals surface area contributed by atoms with Crippen molar-refractivity contribution in [3.8, 4) is 39.8 Å². The quantitative estimate of drug-likeness (QED) is 0.555. The number of benzene rings is 2. The largest absolute Gasteiger partial charge is 0.493 e. The molecule has 2 N–H and O–H groups in total. The van der Waals surface area contributed by atoms with E-state index >= 15 is 0 Å². The molecular formula is C21H19N3O4. The van der Waals surface area contributed by atoms with Gasteiger partial charge in [0.25, 0.3) is 5.56 Å². The van der Waals surface area contributed by atoms with Gasteiger partial charge < -0.3 is 24.2 Å². The zero-order valence-electron chi connectivity index (χ0n) is 15.7. The van der Waals surface area contributed by atoms with Crippen molar-refractivity contribution in [3.05, 3.63) is 59.1 Å². The molecule has 0 aliphatic carbocycles. The van der Waals surface area contributed by atoms with Crippen molar-refractivity contribution >= 4 is 10.9 Å². The van der Waals surface area contributed by atoms with E-state index in [0.717, 1.165) is 16.5 Å². The number of ether oxygens (including phenoxy) is 3. The monoisotopic (exact) mass is 377 g/mol. The van der Waals surface area contributed by atoms with Crippen molar-refractivity contribution in [1.82, 2.24) is 15.0 Å². The number of nitrogens with one attached hydrogen (secondary N) is 2. The van der Waals surface area contributed by atoms with Gasteiger partial charge >= 0.3 is 0 Å². The fourth-order valence-electron chi connectivity index (χ4n) is 3.30. The zero-order valence-corrected chi connectivity index (χ0v) is 15.7. The predicted octanol–water partition coefficient (Wildman–Crippen LogP) is 3.61. The van der Waals surface area contributed by atoms with Gasteiger partial charge in [-0.1, -0.05) is 18.2 Å². The van der Waals surface area contributed by atoms with E-state index in [9.17, 15) is 4.79 Å². The van der Waals surface area contributed by atoms with Gasteiger partial charge in [-0.2, -0.15) is 0 Å². The Bertz CT molecular complexity index is 1210. The van der Waals surface area contributed by atoms with Gasteiger partial charge in [0.1, 0.15) is 5.69 Å². The molecule has 4 aromatic rings. The highest BCUT2D eigenvalue weighted by atomic mass is 16.5. The van der Waals surface area contributed by atoms with E-state index in [0.29, 0.717) is 28.5 Å². The summed E-state index contributed by atoms with van der Waals surface area (Å²) in [6, 6.07) is 11.4. The maximum Gasteiger partial charge on any atom is 0.274 e. The Morgan fingerprint density at radius 2 is 1.61 bits per heavy atom. The van der Waals surface area contributed by atoms with E-state index < -0.39 is 0 Å². The van der Waals surface area contributed by atoms with Crippen LogP contribution >= 0.6 is 0 Å². The molecule has 7 heteroatoms. The second-order valence-corrected chi connectivity index (χ2v) is 6.09. The molecule has 7 nitrogen and oxygen atoms in total. The summed E-state index contributed by atoms with van der Waals surface area (Å²) in [4.78, 5) is 23.2. The summed E-state index contributed by atoms with van der Waals surface area (Å²) in [7, 11) is 4.57. The first-order chi connectivity index (χ1) is 13.7. The predicted molar refractivity (Wildman–Crippen MR) is 107 cm³/mol. The molecule has 0 saturated heterocycles. The number of fused-ring (bicyclic) bond motifs is 1. The van der Waals surface area contributed by atoms with Crippen molar-refractivity contribution in [1.29, 1.82) is 0 Å². The maximum atomic E-state index is 12.6. The van der Waals surface area contributed by atoms with Crippen LogP contribution in [0.4, 0.5) is 0 Å². The van der Waals surface area contributed by atoms with Gasteiger partial charge in [-0.15, -0.1) is 0 Å². The highest BCUT2D eigenvalue weighted by Gasteiger charge is 2.21. The topological polar surface area (TPSA) is 89.2 Å². The van der Waals surface area contributed by atoms with Crippen molar-refractivity contribution < 1.29 is 14.2 Å². The Hall–Kier alpha value is -3.74. The second-order valence-electron chi connectivity index (χ2n) is 6.09. The Kier molecular flexibility index (Phi) is 4.49. The molecule has 0 amide bonds. The molecular weight excluding hydrogens is 358 g/mol. The van der Waals surface area contributed by atoms with Gasteiger partial charge in [0, 0.05) is 28.9 Å². The Labute approximate surface area is 160 Å². The van der Waals surface area contributed by atoms with E-state index in [-0.39, 0.29) is 11.3 Å². The van der Waals surface area contributed by atoms with Gasteiger partial charge in [0.05, 0.1) is 32.6 Å². The molecule has 4 rings (SSSR count). The minimum Gasteiger partial charge on any atom is -0.493 e. The van der Waals surface area contributed by atoms with Gasteiger partial charge in [0.15, 0.2) is 11.5 Å². The summed E-state index contributed by atoms with van der Waals surface area (Å²) in [6.07, 6.45) is 3.48. The Morgan fingerprint density at radius 1 is 0.821 bits per heavy atom. The molecule has 2 heterocycles. The van der Waals surface area contributed by atoms with Crippen LogP contribution in [0.5, 0.6) is 17.2 Å². The third-order valence-corrected chi connectivity index (χ3v) is 4.61. The number of hydrogen-bond acceptors (Lipinski definition) is 5. The van der Waals surface area contributed by atoms with Crippen LogP contribution in [0.15, 0.2) is 53.6 Å². The molecule has 0 aliphatic heterocycles. The molecule has 0 fully saturated rings. The molecule has 28 heavy (non-hydrogen) atoms. The van der Waals surface area contributed by atoms with Crippen molar-refractivity contribution in [3.63, 3.8) is 0 Å². The molecule has 142 valence electrons. The van der Waals surface area contributed by atoms with Gasteiger partial charge in [-0.05, 0) is 18.2 Å². The number of rotatable bonds is 5. The standard InChI is InChI=1S/C21H19N3O4/c1-26-17-9-8-13(19(27-2)20(17)28-3)18-21(25)23-11-16(24-18)14-10-22-15-7-5-4-6-12(14)15/h4-11,22H,1-3H3,(H,23,25). The van der Waals surface area contributed by atoms with Gasteiger partial charge in [0.2, 0.25) is 5.75 Å². The molecule has 2 aromatic heterocycles. The molecule has 0 bridgehead atoms. The summed E-state index contributed by atoms with van der Waals surface area (Å²) in [5, 5.41) is 1.02. The van der Waals surface area contributed by atoms with Crippen LogP contribution in [0, 0.1) is 0 Å². The Balaban J connectivity index is 1.93. The number of H-pyrrole nitrogens is 2. The van der Waals surface area contributed by atoms with Gasteiger partial charge in [-0.25, -0.2) is 4.98 Å². The van der Waals surface area contributed by atoms with E-state index in [1.807, 2.05) is 30.5 Å². The first-order valence-electron chi connectivity index (χ1n) is 8.63. The van der Waals surface area contributed by atoms with E-state index in [2.05, 4.69) is 15.0 Å². The molecule has 0 spiro atoms. The van der Waals surface area contributed by atoms with Gasteiger partial charge in [-0.3, -0.25) is 4.79 Å². The molecule has 0 saturated carbocycles. The summed E-state index contributed by atoms with van der Waals surface area (Å²) in [5.74, 6) is 1.30. The average molecular weight is 377 g/mol. The van der Waals surface area contributed by atoms with Crippen LogP contribution in [0.3, 0.4) is 0 Å². The number of aromatic nitrogens is 3. The maximum absolute atomic E-state index is 12.6. The smallest absolute Gasteiger partial charge is 0.274 e. The number of nitrogens with zero attached hydrogens (tertiary/aromatic N) is 1. The van der Waals surface area contributed by atoms with Crippen LogP contribution in [0.1, 0.15) is 0 Å². The van der Waals surface area contributed by atoms with Crippen molar-refractivity contribution in [2.45, 2.75) is 0 Å². The lowest BCUT2D eigenvalue weighted by molar-refractivity contribution is 0.325. The number of hydrogen-bond donors (Lipinski definition) is 2. The third kappa shape index (κ3) is 2.77. The van der Waals surface area contributed by atoms with Crippen LogP contribution in [-0.2, 0) is 0 Å². The number of para-hydroxylation sites is 1. The van der Waals surface area contributed by atoms with Crippen LogP contribution in [0.2, 0.25) is 0 Å². The second kappa shape index (κ2) is 7.11. The highest BCUT2D eigenvalue weighted by molar-refractivity contribution is 5.94. The summed E-state index contributed by atoms with van der Waals surface area (Å²) in [6.45, 7) is 0. The summed E-state index contributed by atoms with van der Waals surface area (Å²) < 4.78 is 16.3. The third-order valence-electron chi connectivity index (χ3n) is 4.61. The molecule has 0 unspecified atom stereocenters. The molecule has 0 atom stereocenters. The van der Waals surface area contributed by atoms with Crippen molar-refractivity contribution in [2.24, 2.45) is 0 Å². The van der Waals surface area contributed by atoms with E-state index in [1.165, 1.54) is 14.2 Å². The fourth-order valence-corrected chi connectivity index (χ4v) is 3.30. The Morgan fingerprint density at radius 3 is 2.36 bits per heavy atom. The number of aromatic amines is 2. The minimum absolute atomic E-state index is 0.237. The van der Waals surface area contributed by atoms with Crippen molar-refractivity contribution in [2.75, 3.05) is 21.3 Å². The number of methoxy groups -OCH3 is 3. The van der Waals surface area contributed by atoms with E-state index in [4.69, 9.17) is 14.2 Å². The average Bonchev–Trinajstić information content (AvgIpc) is 3.17. The first kappa shape index (κ1) is 17.7. The fraction of sp³-hybridized carbons (Fsp3) is 0.143. The van der Waals surface area contributed by atoms with E-state index in [1.54, 1.807) is 25.4 Å². The molecule has 0 radical (unpaired) electrons. The normalized spacial score (nSPS) is 10.8. The minimum atomic E-state index is -0.325. The van der Waals surface area contributed by atoms with Crippen LogP contribution < -0.4 is 19.8 Å². The lowest BCUT2D eigenvalue weighted by atomic mass is 10.1. The van der Waals surface area contributed by atoms with Crippen LogP contribution in [0.25, 0.3) is 33.4 Å². The highest BCUT2D eigenvalue weighted by Crippen LogP contribution is 2.43. The lowest BCUT2D eigenvalue weighted by Crippen LogP contribution is -2.12. The van der Waals surface area contributed by atoms with Crippen LogP contribution in [-0.4, -0.2) is 36.3 Å². The SMILES string of the molecule is COc1ccc(-c2nc(-c3c[nH]c4ccccc34)c[nH]c2=O)c(OC)c1OC. The molecule has 2 aromatic carbocycles. The lowest BCUT2D eigenvalue weighted by Gasteiger charge is -2.15. The first-order valence-corrected chi connectivity index (χ1v) is 8.63. The summed E-state index contributed by atoms with van der Waals surface area (Å²) in [5.41, 5.74) is 2.96.